The molecule has 1 aliphatic carbocycles. The lowest BCUT2D eigenvalue weighted by Crippen LogP contribution is -2.41. The number of hydrogen-bond donors (Lipinski definition) is 3. The zero-order valence-corrected chi connectivity index (χ0v) is 15.5. The van der Waals surface area contributed by atoms with E-state index in [1.54, 1.807) is 13.8 Å². The maximum Gasteiger partial charge on any atom is 0.277 e. The predicted molar refractivity (Wildman–Crippen MR) is 103 cm³/mol. The first-order valence-electron chi connectivity index (χ1n) is 9.34. The number of benzene rings is 1. The number of H-pyrrole nitrogens is 2. The average Bonchev–Trinajstić information content (AvgIpc) is 3.10. The Morgan fingerprint density at radius 1 is 1.22 bits per heavy atom. The molecule has 0 spiro atoms. The molecule has 1 aliphatic rings. The van der Waals surface area contributed by atoms with Gasteiger partial charge in [0.15, 0.2) is 0 Å². The van der Waals surface area contributed by atoms with Crippen LogP contribution < -0.4 is 10.9 Å². The molecule has 1 fully saturated rings. The van der Waals surface area contributed by atoms with Gasteiger partial charge in [0.1, 0.15) is 11.4 Å². The van der Waals surface area contributed by atoms with Crippen LogP contribution in [0.15, 0.2) is 29.1 Å². The smallest absolute Gasteiger partial charge is 0.277 e. The van der Waals surface area contributed by atoms with Crippen molar-refractivity contribution in [2.24, 2.45) is 0 Å². The van der Waals surface area contributed by atoms with Gasteiger partial charge in [-0.1, -0.05) is 18.6 Å². The molecule has 3 aromatic rings. The summed E-state index contributed by atoms with van der Waals surface area (Å²) in [6.07, 6.45) is 3.77. The standard InChI is InChI=1S/C20H23N5O2/c1-11-12(2)24-25-20(27)17(11)19(26)21-14-7-5-6-13(10-14)18-22-15-8-3-4-9-16(15)23-18/h3-4,8-9,13-14H,5-7,10H2,1-2H3,(H,21,26)(H,22,23)(H,25,27). The molecule has 1 saturated carbocycles. The van der Waals surface area contributed by atoms with Crippen molar-refractivity contribution in [2.45, 2.75) is 51.5 Å². The lowest BCUT2D eigenvalue weighted by atomic mass is 9.85. The molecule has 7 nitrogen and oxygen atoms in total. The predicted octanol–water partition coefficient (Wildman–Crippen LogP) is 2.72. The number of hydrogen-bond acceptors (Lipinski definition) is 4. The van der Waals surface area contributed by atoms with Crippen LogP contribution in [0.2, 0.25) is 0 Å². The zero-order valence-electron chi connectivity index (χ0n) is 15.5. The maximum absolute atomic E-state index is 12.7. The van der Waals surface area contributed by atoms with E-state index in [-0.39, 0.29) is 23.4 Å². The second kappa shape index (κ2) is 6.98. The Bertz CT molecular complexity index is 1020. The number of aromatic nitrogens is 4. The molecule has 0 radical (unpaired) electrons. The number of rotatable bonds is 3. The van der Waals surface area contributed by atoms with Gasteiger partial charge >= 0.3 is 0 Å². The van der Waals surface area contributed by atoms with Crippen LogP contribution in [-0.4, -0.2) is 32.1 Å². The summed E-state index contributed by atoms with van der Waals surface area (Å²) in [7, 11) is 0. The third-order valence-corrected chi connectivity index (χ3v) is 5.50. The molecule has 2 atom stereocenters. The van der Waals surface area contributed by atoms with E-state index in [0.717, 1.165) is 42.5 Å². The van der Waals surface area contributed by atoms with Crippen LogP contribution in [0.4, 0.5) is 0 Å². The van der Waals surface area contributed by atoms with Gasteiger partial charge in [0.25, 0.3) is 11.5 Å². The highest BCUT2D eigenvalue weighted by molar-refractivity contribution is 5.95. The first kappa shape index (κ1) is 17.5. The molecule has 0 saturated heterocycles. The molecule has 0 bridgehead atoms. The van der Waals surface area contributed by atoms with Gasteiger partial charge in [0.2, 0.25) is 0 Å². The Hall–Kier alpha value is -2.96. The molecule has 2 aromatic heterocycles. The Kier molecular flexibility index (Phi) is 4.51. The van der Waals surface area contributed by atoms with Crippen LogP contribution in [0.3, 0.4) is 0 Å². The van der Waals surface area contributed by atoms with Crippen LogP contribution in [0.1, 0.15) is 59.0 Å². The van der Waals surface area contributed by atoms with E-state index in [1.807, 2.05) is 24.3 Å². The third-order valence-electron chi connectivity index (χ3n) is 5.50. The van der Waals surface area contributed by atoms with Crippen LogP contribution in [0, 0.1) is 13.8 Å². The van der Waals surface area contributed by atoms with E-state index in [0.29, 0.717) is 11.3 Å². The Morgan fingerprint density at radius 2 is 2.04 bits per heavy atom. The summed E-state index contributed by atoms with van der Waals surface area (Å²) in [5.41, 5.74) is 3.00. The topological polar surface area (TPSA) is 104 Å². The monoisotopic (exact) mass is 365 g/mol. The minimum absolute atomic E-state index is 0.0248. The second-order valence-electron chi connectivity index (χ2n) is 7.31. The van der Waals surface area contributed by atoms with Crippen LogP contribution >= 0.6 is 0 Å². The van der Waals surface area contributed by atoms with Crippen molar-refractivity contribution >= 4 is 16.9 Å². The number of aryl methyl sites for hydroxylation is 1. The summed E-state index contributed by atoms with van der Waals surface area (Å²) >= 11 is 0. The van der Waals surface area contributed by atoms with E-state index < -0.39 is 5.56 Å². The highest BCUT2D eigenvalue weighted by Gasteiger charge is 2.28. The Balaban J connectivity index is 1.51. The number of fused-ring (bicyclic) bond motifs is 1. The van der Waals surface area contributed by atoms with E-state index in [4.69, 9.17) is 4.98 Å². The normalized spacial score (nSPS) is 19.9. The minimum Gasteiger partial charge on any atom is -0.349 e. The van der Waals surface area contributed by atoms with Gasteiger partial charge in [-0.3, -0.25) is 9.59 Å². The van der Waals surface area contributed by atoms with Crippen molar-refractivity contribution in [1.82, 2.24) is 25.5 Å². The molecular formula is C20H23N5O2. The maximum atomic E-state index is 12.7. The summed E-state index contributed by atoms with van der Waals surface area (Å²) in [6.45, 7) is 3.53. The van der Waals surface area contributed by atoms with Gasteiger partial charge in [-0.05, 0) is 50.8 Å². The second-order valence-corrected chi connectivity index (χ2v) is 7.31. The van der Waals surface area contributed by atoms with Gasteiger partial charge in [0.05, 0.1) is 16.7 Å². The molecule has 7 heteroatoms. The van der Waals surface area contributed by atoms with Crippen molar-refractivity contribution in [3.63, 3.8) is 0 Å². The molecule has 27 heavy (non-hydrogen) atoms. The van der Waals surface area contributed by atoms with Gasteiger partial charge in [0, 0.05) is 12.0 Å². The van der Waals surface area contributed by atoms with Gasteiger partial charge in [-0.25, -0.2) is 10.1 Å². The summed E-state index contributed by atoms with van der Waals surface area (Å²) in [5, 5.41) is 9.36. The molecule has 2 heterocycles. The van der Waals surface area contributed by atoms with Crippen LogP contribution in [0.5, 0.6) is 0 Å². The number of carbonyl (C=O) groups is 1. The van der Waals surface area contributed by atoms with Crippen molar-refractivity contribution in [3.05, 3.63) is 57.3 Å². The molecule has 0 aliphatic heterocycles. The summed E-state index contributed by atoms with van der Waals surface area (Å²) < 4.78 is 0. The zero-order chi connectivity index (χ0) is 19.0. The molecule has 1 amide bonds. The number of amides is 1. The Morgan fingerprint density at radius 3 is 2.85 bits per heavy atom. The van der Waals surface area contributed by atoms with E-state index in [1.165, 1.54) is 0 Å². The number of aromatic amines is 2. The molecule has 1 aromatic carbocycles. The SMILES string of the molecule is Cc1n[nH]c(=O)c(C(=O)NC2CCCC(c3nc4ccccc4[nH]3)C2)c1C. The van der Waals surface area contributed by atoms with Gasteiger partial charge in [-0.2, -0.15) is 5.10 Å². The summed E-state index contributed by atoms with van der Waals surface area (Å²) in [4.78, 5) is 32.9. The highest BCUT2D eigenvalue weighted by Crippen LogP contribution is 2.32. The van der Waals surface area contributed by atoms with Crippen molar-refractivity contribution in [3.8, 4) is 0 Å². The first-order valence-corrected chi connectivity index (χ1v) is 9.34. The lowest BCUT2D eigenvalue weighted by Gasteiger charge is -2.28. The Labute approximate surface area is 156 Å². The average molecular weight is 365 g/mol. The lowest BCUT2D eigenvalue weighted by molar-refractivity contribution is 0.0922. The summed E-state index contributed by atoms with van der Waals surface area (Å²) in [5.74, 6) is 0.924. The molecule has 2 unspecified atom stereocenters. The first-order chi connectivity index (χ1) is 13.0. The van der Waals surface area contributed by atoms with E-state index >= 15 is 0 Å². The molecule has 4 rings (SSSR count). The number of para-hydroxylation sites is 2. The molecular weight excluding hydrogens is 342 g/mol. The fourth-order valence-corrected chi connectivity index (χ4v) is 3.89. The number of carbonyl (C=O) groups excluding carboxylic acids is 1. The minimum atomic E-state index is -0.444. The van der Waals surface area contributed by atoms with Gasteiger partial charge < -0.3 is 10.3 Å². The van der Waals surface area contributed by atoms with Crippen LogP contribution in [0.25, 0.3) is 11.0 Å². The number of nitrogens with one attached hydrogen (secondary N) is 3. The van der Waals surface area contributed by atoms with Gasteiger partial charge in [-0.15, -0.1) is 0 Å². The highest BCUT2D eigenvalue weighted by atomic mass is 16.2. The van der Waals surface area contributed by atoms with Crippen molar-refractivity contribution < 1.29 is 4.79 Å². The third kappa shape index (κ3) is 3.37. The fraction of sp³-hybridized carbons (Fsp3) is 0.400. The van der Waals surface area contributed by atoms with Crippen molar-refractivity contribution in [1.29, 1.82) is 0 Å². The number of imidazole rings is 1. The quantitative estimate of drug-likeness (QED) is 0.664. The molecule has 3 N–H and O–H groups in total. The van der Waals surface area contributed by atoms with Crippen molar-refractivity contribution in [2.75, 3.05) is 0 Å². The summed E-state index contributed by atoms with van der Waals surface area (Å²) in [6, 6.07) is 8.02. The van der Waals surface area contributed by atoms with E-state index in [2.05, 4.69) is 20.5 Å². The molecule has 140 valence electrons. The largest absolute Gasteiger partial charge is 0.349 e. The van der Waals surface area contributed by atoms with Crippen LogP contribution in [-0.2, 0) is 0 Å². The fourth-order valence-electron chi connectivity index (χ4n) is 3.89. The van der Waals surface area contributed by atoms with E-state index in [9.17, 15) is 9.59 Å². The number of nitrogens with zero attached hydrogens (tertiary/aromatic N) is 2.